The van der Waals surface area contributed by atoms with Crippen molar-refractivity contribution in [3.8, 4) is 16.9 Å². The van der Waals surface area contributed by atoms with Gasteiger partial charge in [-0.25, -0.2) is 0 Å². The van der Waals surface area contributed by atoms with E-state index in [1.807, 2.05) is 18.2 Å². The zero-order valence-corrected chi connectivity index (χ0v) is 15.9. The van der Waals surface area contributed by atoms with Crippen LogP contribution in [-0.4, -0.2) is 37.0 Å². The Morgan fingerprint density at radius 2 is 1.62 bits per heavy atom. The van der Waals surface area contributed by atoms with Crippen LogP contribution in [0.3, 0.4) is 0 Å². The molecule has 0 bridgehead atoms. The van der Waals surface area contributed by atoms with Gasteiger partial charge in [-0.15, -0.1) is 24.0 Å². The van der Waals surface area contributed by atoms with Crippen molar-refractivity contribution in [3.63, 3.8) is 0 Å². The second-order valence-electron chi connectivity index (χ2n) is 5.59. The minimum absolute atomic E-state index is 0. The Kier molecular flexibility index (Phi) is 10.6. The van der Waals surface area contributed by atoms with Crippen LogP contribution in [0.2, 0.25) is 0 Å². The number of benzene rings is 2. The maximum absolute atomic E-state index is 6.06. The number of alkyl halides is 1. The minimum atomic E-state index is 0. The third kappa shape index (κ3) is 6.72. The molecule has 2 aromatic rings. The van der Waals surface area contributed by atoms with Crippen LogP contribution in [0.5, 0.6) is 5.75 Å². The van der Waals surface area contributed by atoms with Crippen molar-refractivity contribution < 1.29 is 4.74 Å². The largest absolute Gasteiger partial charge is 0.492 e. The minimum Gasteiger partial charge on any atom is -0.492 e. The lowest BCUT2D eigenvalue weighted by Crippen LogP contribution is -2.31. The Labute approximate surface area is 157 Å². The van der Waals surface area contributed by atoms with Crippen molar-refractivity contribution in [1.82, 2.24) is 4.90 Å². The van der Waals surface area contributed by atoms with Gasteiger partial charge < -0.3 is 4.74 Å². The maximum Gasteiger partial charge on any atom is 0.127 e. The fraction of sp³-hybridized carbons (Fsp3) is 0.400. The normalized spacial score (nSPS) is 10.5. The van der Waals surface area contributed by atoms with Crippen LogP contribution in [-0.2, 0) is 0 Å². The van der Waals surface area contributed by atoms with Gasteiger partial charge in [-0.2, -0.15) is 0 Å². The van der Waals surface area contributed by atoms with Gasteiger partial charge in [0, 0.05) is 24.5 Å². The molecule has 0 atom stereocenters. The lowest BCUT2D eigenvalue weighted by atomic mass is 10.1. The third-order valence-corrected chi connectivity index (χ3v) is 4.03. The molecule has 0 fully saturated rings. The van der Waals surface area contributed by atoms with E-state index < -0.39 is 0 Å². The molecule has 0 spiro atoms. The van der Waals surface area contributed by atoms with Gasteiger partial charge in [0.1, 0.15) is 12.4 Å². The first kappa shape index (κ1) is 20.8. The number of nitrogens with zero attached hydrogens (tertiary/aromatic N) is 1. The smallest absolute Gasteiger partial charge is 0.127 e. The molecule has 0 N–H and O–H groups in total. The van der Waals surface area contributed by atoms with Crippen LogP contribution in [0.25, 0.3) is 11.1 Å². The fourth-order valence-electron chi connectivity index (χ4n) is 2.57. The van der Waals surface area contributed by atoms with Crippen LogP contribution in [0.1, 0.15) is 19.8 Å². The highest BCUT2D eigenvalue weighted by Crippen LogP contribution is 2.29. The molecule has 0 aliphatic heterocycles. The molecule has 0 heterocycles. The summed E-state index contributed by atoms with van der Waals surface area (Å²) in [7, 11) is 0. The molecule has 0 radical (unpaired) electrons. The van der Waals surface area contributed by atoms with Crippen molar-refractivity contribution in [2.24, 2.45) is 0 Å². The average Bonchev–Trinajstić information content (AvgIpc) is 2.61. The molecule has 0 unspecified atom stereocenters. The summed E-state index contributed by atoms with van der Waals surface area (Å²) >= 11 is 5.89. The highest BCUT2D eigenvalue weighted by atomic mass is 35.5. The molecule has 2 nitrogen and oxygen atoms in total. The quantitative estimate of drug-likeness (QED) is 0.514. The Balaban J connectivity index is 0.00000288. The van der Waals surface area contributed by atoms with Crippen LogP contribution in [0.4, 0.5) is 0 Å². The van der Waals surface area contributed by atoms with Crippen LogP contribution in [0.15, 0.2) is 54.6 Å². The third-order valence-electron chi connectivity index (χ3n) is 3.87. The van der Waals surface area contributed by atoms with Crippen molar-refractivity contribution in [3.05, 3.63) is 54.6 Å². The van der Waals surface area contributed by atoms with E-state index in [1.54, 1.807) is 0 Å². The first-order valence-corrected chi connectivity index (χ1v) is 8.94. The van der Waals surface area contributed by atoms with Gasteiger partial charge in [0.25, 0.3) is 0 Å². The molecule has 0 amide bonds. The number of hydrogen-bond donors (Lipinski definition) is 0. The Morgan fingerprint density at radius 3 is 2.33 bits per heavy atom. The number of hydrogen-bond acceptors (Lipinski definition) is 2. The summed E-state index contributed by atoms with van der Waals surface area (Å²) < 4.78 is 6.06. The summed E-state index contributed by atoms with van der Waals surface area (Å²) in [6, 6.07) is 18.6. The molecule has 2 aromatic carbocycles. The summed E-state index contributed by atoms with van der Waals surface area (Å²) in [5.74, 6) is 1.62. The summed E-state index contributed by atoms with van der Waals surface area (Å²) in [5.41, 5.74) is 2.33. The average molecular weight is 368 g/mol. The summed E-state index contributed by atoms with van der Waals surface area (Å²) in [5, 5.41) is 0. The lowest BCUT2D eigenvalue weighted by Gasteiger charge is -2.21. The second-order valence-corrected chi connectivity index (χ2v) is 5.97. The topological polar surface area (TPSA) is 12.5 Å². The SMILES string of the molecule is CCCCN(CCCl)CCOc1ccccc1-c1ccccc1.Cl. The first-order valence-electron chi connectivity index (χ1n) is 8.40. The number of para-hydroxylation sites is 1. The van der Waals surface area contributed by atoms with Gasteiger partial charge in [-0.05, 0) is 24.6 Å². The molecule has 4 heteroatoms. The van der Waals surface area contributed by atoms with Crippen LogP contribution >= 0.6 is 24.0 Å². The van der Waals surface area contributed by atoms with Gasteiger partial charge in [0.2, 0.25) is 0 Å². The van der Waals surface area contributed by atoms with E-state index in [1.165, 1.54) is 18.4 Å². The zero-order chi connectivity index (χ0) is 16.3. The van der Waals surface area contributed by atoms with Crippen LogP contribution < -0.4 is 4.74 Å². The van der Waals surface area contributed by atoms with Crippen molar-refractivity contribution in [2.75, 3.05) is 32.1 Å². The van der Waals surface area contributed by atoms with E-state index in [9.17, 15) is 0 Å². The van der Waals surface area contributed by atoms with E-state index in [4.69, 9.17) is 16.3 Å². The molecule has 0 aliphatic rings. The highest BCUT2D eigenvalue weighted by Gasteiger charge is 2.07. The first-order chi connectivity index (χ1) is 11.3. The highest BCUT2D eigenvalue weighted by molar-refractivity contribution is 6.18. The fourth-order valence-corrected chi connectivity index (χ4v) is 2.81. The number of halogens is 2. The monoisotopic (exact) mass is 367 g/mol. The molecule has 0 saturated carbocycles. The standard InChI is InChI=1S/C20H26ClNO.ClH/c1-2-3-14-22(15-13-21)16-17-23-20-12-8-7-11-19(20)18-9-5-4-6-10-18;/h4-12H,2-3,13-17H2,1H3;1H. The predicted molar refractivity (Wildman–Crippen MR) is 107 cm³/mol. The van der Waals surface area contributed by atoms with Gasteiger partial charge in [-0.3, -0.25) is 4.90 Å². The molecule has 24 heavy (non-hydrogen) atoms. The Bertz CT molecular complexity index is 563. The molecule has 0 saturated heterocycles. The predicted octanol–water partition coefficient (Wildman–Crippen LogP) is 5.50. The Hall–Kier alpha value is -1.22. The van der Waals surface area contributed by atoms with E-state index in [-0.39, 0.29) is 12.4 Å². The molecule has 2 rings (SSSR count). The second kappa shape index (κ2) is 12.2. The number of ether oxygens (including phenoxy) is 1. The maximum atomic E-state index is 6.06. The van der Waals surface area contributed by atoms with Crippen molar-refractivity contribution >= 4 is 24.0 Å². The summed E-state index contributed by atoms with van der Waals surface area (Å²) in [6.07, 6.45) is 2.41. The van der Waals surface area contributed by atoms with E-state index in [0.717, 1.165) is 30.9 Å². The van der Waals surface area contributed by atoms with Gasteiger partial charge >= 0.3 is 0 Å². The van der Waals surface area contributed by atoms with Gasteiger partial charge in [0.05, 0.1) is 0 Å². The van der Waals surface area contributed by atoms with E-state index in [0.29, 0.717) is 12.5 Å². The van der Waals surface area contributed by atoms with Crippen molar-refractivity contribution in [1.29, 1.82) is 0 Å². The van der Waals surface area contributed by atoms with Gasteiger partial charge in [0.15, 0.2) is 0 Å². The molecule has 0 aromatic heterocycles. The molecule has 0 aliphatic carbocycles. The number of rotatable bonds is 10. The molecule has 132 valence electrons. The lowest BCUT2D eigenvalue weighted by molar-refractivity contribution is 0.215. The molecular formula is C20H27Cl2NO. The zero-order valence-electron chi connectivity index (χ0n) is 14.3. The summed E-state index contributed by atoms with van der Waals surface area (Å²) in [4.78, 5) is 2.38. The van der Waals surface area contributed by atoms with Crippen molar-refractivity contribution in [2.45, 2.75) is 19.8 Å². The van der Waals surface area contributed by atoms with E-state index >= 15 is 0 Å². The van der Waals surface area contributed by atoms with E-state index in [2.05, 4.69) is 48.2 Å². The Morgan fingerprint density at radius 1 is 0.917 bits per heavy atom. The summed E-state index contributed by atoms with van der Waals surface area (Å²) in [6.45, 7) is 5.82. The van der Waals surface area contributed by atoms with Gasteiger partial charge in [-0.1, -0.05) is 61.9 Å². The molecular weight excluding hydrogens is 341 g/mol. The number of unbranched alkanes of at least 4 members (excludes halogenated alkanes) is 1. The van der Waals surface area contributed by atoms with Crippen LogP contribution in [0, 0.1) is 0 Å².